The minimum atomic E-state index is -0.304. The zero-order valence-electron chi connectivity index (χ0n) is 17.2. The van der Waals surface area contributed by atoms with Crippen LogP contribution in [0.3, 0.4) is 0 Å². The van der Waals surface area contributed by atoms with E-state index >= 15 is 0 Å². The van der Waals surface area contributed by atoms with Crippen LogP contribution in [-0.2, 0) is 13.0 Å². The summed E-state index contributed by atoms with van der Waals surface area (Å²) in [6.07, 6.45) is 2.66. The van der Waals surface area contributed by atoms with Crippen LogP contribution >= 0.6 is 27.3 Å². The second kappa shape index (κ2) is 7.86. The standard InChI is InChI=1S/C24H27BrN2OS/c1-15-10-18-13-27(23(28)21(18)11-16(15)2)9-8-24(3,26)7-6-17-14-29-22-5-4-19(25)12-20(17)22/h4-5,10-12,14H,6-9,13,26H2,1-3H3. The van der Waals surface area contributed by atoms with Gasteiger partial charge in [-0.2, -0.15) is 0 Å². The highest BCUT2D eigenvalue weighted by Crippen LogP contribution is 2.31. The van der Waals surface area contributed by atoms with E-state index in [1.165, 1.54) is 26.8 Å². The number of amides is 1. The molecule has 3 nitrogen and oxygen atoms in total. The van der Waals surface area contributed by atoms with Crippen LogP contribution in [0, 0.1) is 13.8 Å². The molecule has 1 unspecified atom stereocenters. The Hall–Kier alpha value is -1.69. The minimum absolute atomic E-state index is 0.146. The number of thiophene rings is 1. The quantitative estimate of drug-likeness (QED) is 0.481. The predicted octanol–water partition coefficient (Wildman–Crippen LogP) is 5.98. The van der Waals surface area contributed by atoms with Crippen molar-refractivity contribution >= 4 is 43.3 Å². The molecule has 2 N–H and O–H groups in total. The average Bonchev–Trinajstić information content (AvgIpc) is 3.20. The van der Waals surface area contributed by atoms with E-state index in [2.05, 4.69) is 66.3 Å². The minimum Gasteiger partial charge on any atom is -0.334 e. The van der Waals surface area contributed by atoms with Gasteiger partial charge in [0.05, 0.1) is 0 Å². The van der Waals surface area contributed by atoms with Crippen LogP contribution in [0.25, 0.3) is 10.1 Å². The molecule has 0 radical (unpaired) electrons. The van der Waals surface area contributed by atoms with Gasteiger partial charge in [-0.25, -0.2) is 0 Å². The van der Waals surface area contributed by atoms with Gasteiger partial charge in [-0.05, 0) is 97.3 Å². The van der Waals surface area contributed by atoms with Crippen molar-refractivity contribution in [3.8, 4) is 0 Å². The highest BCUT2D eigenvalue weighted by Gasteiger charge is 2.29. The molecule has 0 fully saturated rings. The molecule has 2 aromatic carbocycles. The van der Waals surface area contributed by atoms with Gasteiger partial charge in [-0.3, -0.25) is 4.79 Å². The summed E-state index contributed by atoms with van der Waals surface area (Å²) in [4.78, 5) is 14.7. The van der Waals surface area contributed by atoms with Crippen molar-refractivity contribution < 1.29 is 4.79 Å². The van der Waals surface area contributed by atoms with Crippen molar-refractivity contribution in [2.45, 2.75) is 52.1 Å². The summed E-state index contributed by atoms with van der Waals surface area (Å²) < 4.78 is 2.42. The van der Waals surface area contributed by atoms with Gasteiger partial charge in [-0.15, -0.1) is 11.3 Å². The molecular weight excluding hydrogens is 444 g/mol. The van der Waals surface area contributed by atoms with Crippen molar-refractivity contribution in [2.75, 3.05) is 6.54 Å². The Labute approximate surface area is 185 Å². The SMILES string of the molecule is Cc1cc2c(cc1C)C(=O)N(CCC(C)(N)CCc1csc3ccc(Br)cc13)C2. The number of aryl methyl sites for hydroxylation is 3. The van der Waals surface area contributed by atoms with Crippen LogP contribution in [0.4, 0.5) is 0 Å². The number of hydrogen-bond acceptors (Lipinski definition) is 3. The Morgan fingerprint density at radius 1 is 1.17 bits per heavy atom. The fraction of sp³-hybridized carbons (Fsp3) is 0.375. The van der Waals surface area contributed by atoms with Gasteiger partial charge >= 0.3 is 0 Å². The van der Waals surface area contributed by atoms with Crippen molar-refractivity contribution in [3.63, 3.8) is 0 Å². The summed E-state index contributed by atoms with van der Waals surface area (Å²) in [5, 5.41) is 3.56. The lowest BCUT2D eigenvalue weighted by Gasteiger charge is -2.27. The van der Waals surface area contributed by atoms with E-state index in [1.807, 2.05) is 11.0 Å². The molecule has 1 aliphatic rings. The van der Waals surface area contributed by atoms with Gasteiger partial charge in [-0.1, -0.05) is 22.0 Å². The first-order valence-corrected chi connectivity index (χ1v) is 11.7. The number of halogens is 1. The summed E-state index contributed by atoms with van der Waals surface area (Å²) in [7, 11) is 0. The number of nitrogens with two attached hydrogens (primary N) is 1. The molecule has 1 aromatic heterocycles. The molecule has 1 aliphatic heterocycles. The van der Waals surface area contributed by atoms with Gasteiger partial charge < -0.3 is 10.6 Å². The normalized spacial score (nSPS) is 15.8. The van der Waals surface area contributed by atoms with E-state index in [4.69, 9.17) is 5.73 Å². The first-order chi connectivity index (χ1) is 13.7. The van der Waals surface area contributed by atoms with Crippen molar-refractivity contribution in [2.24, 2.45) is 5.73 Å². The van der Waals surface area contributed by atoms with E-state index in [0.29, 0.717) is 13.1 Å². The Morgan fingerprint density at radius 2 is 1.93 bits per heavy atom. The maximum Gasteiger partial charge on any atom is 0.254 e. The third kappa shape index (κ3) is 4.27. The first-order valence-electron chi connectivity index (χ1n) is 10.1. The van der Waals surface area contributed by atoms with Crippen LogP contribution in [0.2, 0.25) is 0 Å². The molecule has 2 heterocycles. The first kappa shape index (κ1) is 20.6. The number of rotatable bonds is 6. The van der Waals surface area contributed by atoms with Crippen LogP contribution in [0.1, 0.15) is 52.4 Å². The van der Waals surface area contributed by atoms with Gasteiger partial charge in [0.15, 0.2) is 0 Å². The lowest BCUT2D eigenvalue weighted by atomic mass is 9.91. The third-order valence-corrected chi connectivity index (χ3v) is 7.64. The molecule has 152 valence electrons. The van der Waals surface area contributed by atoms with Crippen molar-refractivity contribution in [1.29, 1.82) is 0 Å². The number of carbonyl (C=O) groups excluding carboxylic acids is 1. The Bertz CT molecular complexity index is 1090. The monoisotopic (exact) mass is 470 g/mol. The Kier molecular flexibility index (Phi) is 5.58. The highest BCUT2D eigenvalue weighted by molar-refractivity contribution is 9.10. The second-order valence-electron chi connectivity index (χ2n) is 8.63. The van der Waals surface area contributed by atoms with E-state index in [1.54, 1.807) is 11.3 Å². The van der Waals surface area contributed by atoms with Crippen LogP contribution < -0.4 is 5.73 Å². The predicted molar refractivity (Wildman–Crippen MR) is 126 cm³/mol. The van der Waals surface area contributed by atoms with E-state index in [9.17, 15) is 4.79 Å². The molecule has 4 rings (SSSR count). The van der Waals surface area contributed by atoms with E-state index in [-0.39, 0.29) is 11.4 Å². The molecule has 0 saturated carbocycles. The zero-order chi connectivity index (χ0) is 20.8. The highest BCUT2D eigenvalue weighted by atomic mass is 79.9. The number of carbonyl (C=O) groups is 1. The van der Waals surface area contributed by atoms with E-state index < -0.39 is 0 Å². The fourth-order valence-corrected chi connectivity index (χ4v) is 5.36. The number of hydrogen-bond donors (Lipinski definition) is 1. The summed E-state index contributed by atoms with van der Waals surface area (Å²) in [5.41, 5.74) is 12.1. The fourth-order valence-electron chi connectivity index (χ4n) is 4.02. The average molecular weight is 471 g/mol. The van der Waals surface area contributed by atoms with Gasteiger partial charge in [0, 0.05) is 33.4 Å². The van der Waals surface area contributed by atoms with Crippen molar-refractivity contribution in [1.82, 2.24) is 4.90 Å². The molecule has 29 heavy (non-hydrogen) atoms. The molecule has 3 aromatic rings. The lowest BCUT2D eigenvalue weighted by Crippen LogP contribution is -2.40. The molecule has 1 amide bonds. The Balaban J connectivity index is 1.38. The molecule has 0 bridgehead atoms. The molecule has 0 saturated heterocycles. The Morgan fingerprint density at radius 3 is 2.72 bits per heavy atom. The molecule has 0 aliphatic carbocycles. The van der Waals surface area contributed by atoms with Crippen LogP contribution in [0.5, 0.6) is 0 Å². The van der Waals surface area contributed by atoms with Crippen LogP contribution in [-0.4, -0.2) is 22.9 Å². The molecule has 1 atom stereocenters. The largest absolute Gasteiger partial charge is 0.334 e. The smallest absolute Gasteiger partial charge is 0.254 e. The maximum atomic E-state index is 12.8. The topological polar surface area (TPSA) is 46.3 Å². The summed E-state index contributed by atoms with van der Waals surface area (Å²) in [6.45, 7) is 7.68. The van der Waals surface area contributed by atoms with Crippen LogP contribution in [0.15, 0.2) is 40.2 Å². The van der Waals surface area contributed by atoms with Gasteiger partial charge in [0.25, 0.3) is 5.91 Å². The summed E-state index contributed by atoms with van der Waals surface area (Å²) >= 11 is 5.36. The van der Waals surface area contributed by atoms with E-state index in [0.717, 1.165) is 34.9 Å². The summed E-state index contributed by atoms with van der Waals surface area (Å²) in [5.74, 6) is 0.146. The van der Waals surface area contributed by atoms with Crippen molar-refractivity contribution in [3.05, 3.63) is 68.0 Å². The molecular formula is C24H27BrN2OS. The van der Waals surface area contributed by atoms with Gasteiger partial charge in [0.1, 0.15) is 0 Å². The van der Waals surface area contributed by atoms with Gasteiger partial charge in [0.2, 0.25) is 0 Å². The number of benzene rings is 2. The number of nitrogens with zero attached hydrogens (tertiary/aromatic N) is 1. The maximum absolute atomic E-state index is 12.8. The number of fused-ring (bicyclic) bond motifs is 2. The summed E-state index contributed by atoms with van der Waals surface area (Å²) in [6, 6.07) is 10.6. The molecule has 5 heteroatoms. The second-order valence-corrected chi connectivity index (χ2v) is 10.5. The lowest BCUT2D eigenvalue weighted by molar-refractivity contribution is 0.0766. The molecule has 0 spiro atoms. The third-order valence-electron chi connectivity index (χ3n) is 6.13. The zero-order valence-corrected chi connectivity index (χ0v) is 19.6.